The van der Waals surface area contributed by atoms with Crippen LogP contribution >= 0.6 is 0 Å². The summed E-state index contributed by atoms with van der Waals surface area (Å²) in [6.45, 7) is 6.15. The van der Waals surface area contributed by atoms with E-state index in [0.717, 1.165) is 25.6 Å². The third-order valence-corrected chi connectivity index (χ3v) is 3.25. The maximum Gasteiger partial charge on any atom is 0.271 e. The highest BCUT2D eigenvalue weighted by Crippen LogP contribution is 2.14. The van der Waals surface area contributed by atoms with E-state index in [1.165, 1.54) is 25.2 Å². The number of nitrogens with zero attached hydrogens (tertiary/aromatic N) is 3. The van der Waals surface area contributed by atoms with Gasteiger partial charge in [-0.15, -0.1) is 0 Å². The maximum atomic E-state index is 11.7. The summed E-state index contributed by atoms with van der Waals surface area (Å²) >= 11 is 0. The molecule has 1 aromatic rings. The van der Waals surface area contributed by atoms with Gasteiger partial charge in [0.1, 0.15) is 5.69 Å². The van der Waals surface area contributed by atoms with Crippen molar-refractivity contribution >= 4 is 5.91 Å². The van der Waals surface area contributed by atoms with Crippen LogP contribution in [-0.2, 0) is 0 Å². The summed E-state index contributed by atoms with van der Waals surface area (Å²) < 4.78 is 0. The summed E-state index contributed by atoms with van der Waals surface area (Å²) in [7, 11) is 0. The van der Waals surface area contributed by atoms with Crippen LogP contribution in [0.5, 0.6) is 0 Å². The van der Waals surface area contributed by atoms with Gasteiger partial charge in [-0.3, -0.25) is 9.78 Å². The number of piperidine rings is 1. The van der Waals surface area contributed by atoms with Crippen molar-refractivity contribution in [1.82, 2.24) is 20.2 Å². The topological polar surface area (TPSA) is 58.1 Å². The fraction of sp³-hybridized carbons (Fsp3) is 0.615. The number of hydrogen-bond donors (Lipinski definition) is 1. The van der Waals surface area contributed by atoms with Crippen LogP contribution < -0.4 is 5.32 Å². The van der Waals surface area contributed by atoms with Crippen molar-refractivity contribution in [2.45, 2.75) is 19.8 Å². The smallest absolute Gasteiger partial charge is 0.271 e. The van der Waals surface area contributed by atoms with Crippen LogP contribution in [0.15, 0.2) is 18.6 Å². The summed E-state index contributed by atoms with van der Waals surface area (Å²) in [6.07, 6.45) is 7.16. The average Bonchev–Trinajstić information content (AvgIpc) is 2.40. The van der Waals surface area contributed by atoms with Gasteiger partial charge in [-0.2, -0.15) is 0 Å². The van der Waals surface area contributed by atoms with Gasteiger partial charge >= 0.3 is 0 Å². The van der Waals surface area contributed by atoms with Crippen molar-refractivity contribution in [3.63, 3.8) is 0 Å². The summed E-state index contributed by atoms with van der Waals surface area (Å²) in [5.74, 6) is 0.627. The van der Waals surface area contributed by atoms with E-state index in [0.29, 0.717) is 12.2 Å². The van der Waals surface area contributed by atoms with E-state index in [2.05, 4.69) is 27.1 Å². The molecule has 1 aromatic heterocycles. The Morgan fingerprint density at radius 3 is 3.17 bits per heavy atom. The van der Waals surface area contributed by atoms with Crippen molar-refractivity contribution < 1.29 is 4.79 Å². The molecule has 0 unspecified atom stereocenters. The molecule has 0 radical (unpaired) electrons. The molecule has 1 aliphatic rings. The van der Waals surface area contributed by atoms with Gasteiger partial charge in [-0.25, -0.2) is 4.98 Å². The highest BCUT2D eigenvalue weighted by atomic mass is 16.1. The van der Waals surface area contributed by atoms with Crippen LogP contribution in [0.2, 0.25) is 0 Å². The van der Waals surface area contributed by atoms with E-state index < -0.39 is 0 Å². The van der Waals surface area contributed by atoms with E-state index in [4.69, 9.17) is 0 Å². The molecule has 1 fully saturated rings. The summed E-state index contributed by atoms with van der Waals surface area (Å²) in [6, 6.07) is 0. The number of carbonyl (C=O) groups excluding carboxylic acids is 1. The quantitative estimate of drug-likeness (QED) is 0.861. The first-order chi connectivity index (χ1) is 8.75. The Bertz CT molecular complexity index is 382. The number of amides is 1. The van der Waals surface area contributed by atoms with E-state index >= 15 is 0 Å². The van der Waals surface area contributed by atoms with Crippen LogP contribution in [-0.4, -0.2) is 47.0 Å². The first-order valence-electron chi connectivity index (χ1n) is 6.52. The van der Waals surface area contributed by atoms with Gasteiger partial charge in [0.2, 0.25) is 0 Å². The lowest BCUT2D eigenvalue weighted by Gasteiger charge is -2.30. The molecular weight excluding hydrogens is 228 g/mol. The number of nitrogens with one attached hydrogen (secondary N) is 1. The van der Waals surface area contributed by atoms with Crippen LogP contribution in [0, 0.1) is 5.92 Å². The fourth-order valence-electron chi connectivity index (χ4n) is 2.32. The highest BCUT2D eigenvalue weighted by Gasteiger charge is 2.15. The predicted octanol–water partition coefficient (Wildman–Crippen LogP) is 0.938. The average molecular weight is 248 g/mol. The Morgan fingerprint density at radius 2 is 2.44 bits per heavy atom. The van der Waals surface area contributed by atoms with Gasteiger partial charge in [-0.1, -0.05) is 6.92 Å². The molecule has 1 amide bonds. The fourth-order valence-corrected chi connectivity index (χ4v) is 2.32. The molecular formula is C13H20N4O. The number of likely N-dealkylation sites (tertiary alicyclic amines) is 1. The first-order valence-corrected chi connectivity index (χ1v) is 6.52. The normalized spacial score (nSPS) is 20.6. The minimum absolute atomic E-state index is 0.145. The molecule has 1 N–H and O–H groups in total. The molecule has 1 saturated heterocycles. The molecule has 0 spiro atoms. The molecule has 0 saturated carbocycles. The second-order valence-electron chi connectivity index (χ2n) is 4.89. The highest BCUT2D eigenvalue weighted by molar-refractivity contribution is 5.91. The standard InChI is InChI=1S/C13H20N4O/c1-11-3-2-7-17(10-11)8-6-16-13(18)12-9-14-4-5-15-12/h4-5,9,11H,2-3,6-8,10H2,1H3,(H,16,18)/t11-/m0/s1. The molecule has 18 heavy (non-hydrogen) atoms. The zero-order chi connectivity index (χ0) is 12.8. The molecule has 0 aromatic carbocycles. The minimum Gasteiger partial charge on any atom is -0.349 e. The van der Waals surface area contributed by atoms with Crippen molar-refractivity contribution in [2.75, 3.05) is 26.2 Å². The number of carbonyl (C=O) groups is 1. The molecule has 0 aliphatic carbocycles. The Morgan fingerprint density at radius 1 is 1.56 bits per heavy atom. The second kappa shape index (κ2) is 6.44. The van der Waals surface area contributed by atoms with Crippen molar-refractivity contribution in [3.05, 3.63) is 24.3 Å². The number of hydrogen-bond acceptors (Lipinski definition) is 4. The van der Waals surface area contributed by atoms with Crippen molar-refractivity contribution in [3.8, 4) is 0 Å². The number of rotatable bonds is 4. The molecule has 0 bridgehead atoms. The number of aromatic nitrogens is 2. The van der Waals surface area contributed by atoms with Gasteiger partial charge in [-0.05, 0) is 25.3 Å². The summed E-state index contributed by atoms with van der Waals surface area (Å²) in [5.41, 5.74) is 0.379. The Hall–Kier alpha value is -1.49. The van der Waals surface area contributed by atoms with Gasteiger partial charge in [0.25, 0.3) is 5.91 Å². The molecule has 1 aliphatic heterocycles. The van der Waals surface area contributed by atoms with E-state index in [9.17, 15) is 4.79 Å². The molecule has 2 rings (SSSR count). The van der Waals surface area contributed by atoms with Crippen LogP contribution in [0.25, 0.3) is 0 Å². The van der Waals surface area contributed by atoms with Gasteiger partial charge in [0, 0.05) is 32.0 Å². The molecule has 98 valence electrons. The SMILES string of the molecule is C[C@H]1CCCN(CCNC(=O)c2cnccn2)C1. The van der Waals surface area contributed by atoms with E-state index in [1.807, 2.05) is 0 Å². The van der Waals surface area contributed by atoms with Crippen LogP contribution in [0.3, 0.4) is 0 Å². The molecule has 2 heterocycles. The molecule has 1 atom stereocenters. The van der Waals surface area contributed by atoms with Gasteiger partial charge < -0.3 is 10.2 Å². The second-order valence-corrected chi connectivity index (χ2v) is 4.89. The van der Waals surface area contributed by atoms with Gasteiger partial charge in [0.05, 0.1) is 6.20 Å². The lowest BCUT2D eigenvalue weighted by Crippen LogP contribution is -2.40. The van der Waals surface area contributed by atoms with Crippen molar-refractivity contribution in [1.29, 1.82) is 0 Å². The van der Waals surface area contributed by atoms with E-state index in [-0.39, 0.29) is 5.91 Å². The summed E-state index contributed by atoms with van der Waals surface area (Å²) in [5, 5.41) is 2.88. The lowest BCUT2D eigenvalue weighted by molar-refractivity contribution is 0.0938. The molecule has 5 nitrogen and oxygen atoms in total. The largest absolute Gasteiger partial charge is 0.349 e. The zero-order valence-electron chi connectivity index (χ0n) is 10.8. The molecule has 5 heteroatoms. The monoisotopic (exact) mass is 248 g/mol. The summed E-state index contributed by atoms with van der Waals surface area (Å²) in [4.78, 5) is 22.0. The Balaban J connectivity index is 1.70. The predicted molar refractivity (Wildman–Crippen MR) is 69.2 cm³/mol. The van der Waals surface area contributed by atoms with E-state index in [1.54, 1.807) is 6.20 Å². The Labute approximate surface area is 108 Å². The first kappa shape index (κ1) is 13.0. The van der Waals surface area contributed by atoms with Crippen LogP contribution in [0.4, 0.5) is 0 Å². The Kier molecular flexibility index (Phi) is 4.64. The zero-order valence-corrected chi connectivity index (χ0v) is 10.8. The maximum absolute atomic E-state index is 11.7. The minimum atomic E-state index is -0.145. The van der Waals surface area contributed by atoms with Gasteiger partial charge in [0.15, 0.2) is 0 Å². The third-order valence-electron chi connectivity index (χ3n) is 3.25. The third kappa shape index (κ3) is 3.77. The lowest BCUT2D eigenvalue weighted by atomic mass is 10.0. The van der Waals surface area contributed by atoms with Crippen LogP contribution in [0.1, 0.15) is 30.3 Å². The van der Waals surface area contributed by atoms with Crippen molar-refractivity contribution in [2.24, 2.45) is 5.92 Å².